The lowest BCUT2D eigenvalue weighted by atomic mass is 10.3. The summed E-state index contributed by atoms with van der Waals surface area (Å²) in [4.78, 5) is 4.01. The molecule has 0 fully saturated rings. The molecule has 1 aromatic rings. The molecule has 0 bridgehead atoms. The Bertz CT molecular complexity index is 366. The number of methoxy groups -OCH3 is 1. The van der Waals surface area contributed by atoms with Crippen LogP contribution in [-0.2, 0) is 0 Å². The molecule has 1 rings (SSSR count). The van der Waals surface area contributed by atoms with E-state index in [1.54, 1.807) is 19.2 Å². The maximum absolute atomic E-state index is 5.88. The first-order valence-corrected chi connectivity index (χ1v) is 4.95. The second kappa shape index (κ2) is 5.46. The van der Waals surface area contributed by atoms with E-state index in [0.717, 1.165) is 5.69 Å². The van der Waals surface area contributed by atoms with Crippen molar-refractivity contribution in [3.05, 3.63) is 23.2 Å². The summed E-state index contributed by atoms with van der Waals surface area (Å²) in [6.07, 6.45) is 0. The monoisotopic (exact) mass is 227 g/mol. The molecule has 3 N–H and O–H groups in total. The van der Waals surface area contributed by atoms with Crippen LogP contribution >= 0.6 is 11.6 Å². The van der Waals surface area contributed by atoms with Crippen molar-refractivity contribution in [2.24, 2.45) is 10.7 Å². The summed E-state index contributed by atoms with van der Waals surface area (Å²) in [5, 5.41) is 3.50. The van der Waals surface area contributed by atoms with Gasteiger partial charge in [-0.25, -0.2) is 0 Å². The molecular formula is C10H14ClN3O. The molecule has 0 aliphatic rings. The fourth-order valence-corrected chi connectivity index (χ4v) is 1.29. The van der Waals surface area contributed by atoms with Gasteiger partial charge in [-0.2, -0.15) is 0 Å². The number of hydrogen-bond donors (Lipinski definition) is 2. The zero-order chi connectivity index (χ0) is 11.3. The third kappa shape index (κ3) is 3.32. The zero-order valence-electron chi connectivity index (χ0n) is 8.75. The van der Waals surface area contributed by atoms with Gasteiger partial charge in [0.1, 0.15) is 5.75 Å². The molecule has 82 valence electrons. The summed E-state index contributed by atoms with van der Waals surface area (Å²) >= 11 is 5.88. The van der Waals surface area contributed by atoms with Crippen LogP contribution in [0, 0.1) is 0 Å². The molecule has 0 saturated carbocycles. The van der Waals surface area contributed by atoms with Crippen LogP contribution in [0.25, 0.3) is 0 Å². The van der Waals surface area contributed by atoms with E-state index in [2.05, 4.69) is 10.3 Å². The van der Waals surface area contributed by atoms with E-state index in [0.29, 0.717) is 23.3 Å². The van der Waals surface area contributed by atoms with Crippen molar-refractivity contribution in [3.63, 3.8) is 0 Å². The minimum atomic E-state index is 0.377. The summed E-state index contributed by atoms with van der Waals surface area (Å²) in [7, 11) is 1.56. The lowest BCUT2D eigenvalue weighted by Crippen LogP contribution is -2.22. The van der Waals surface area contributed by atoms with E-state index in [9.17, 15) is 0 Å². The quantitative estimate of drug-likeness (QED) is 0.614. The Morgan fingerprint density at radius 3 is 2.93 bits per heavy atom. The SMILES string of the molecule is CCN=C(N)Nc1ccc(Cl)c(OC)c1. The number of aliphatic imine (C=N–C) groups is 1. The van der Waals surface area contributed by atoms with E-state index in [1.165, 1.54) is 0 Å². The second-order valence-electron chi connectivity index (χ2n) is 2.83. The number of rotatable bonds is 3. The van der Waals surface area contributed by atoms with Crippen LogP contribution in [-0.4, -0.2) is 19.6 Å². The third-order valence-electron chi connectivity index (χ3n) is 1.75. The first kappa shape index (κ1) is 11.7. The van der Waals surface area contributed by atoms with Crippen LogP contribution < -0.4 is 15.8 Å². The van der Waals surface area contributed by atoms with E-state index in [4.69, 9.17) is 22.1 Å². The molecule has 0 spiro atoms. The summed E-state index contributed by atoms with van der Waals surface area (Å²) in [5.74, 6) is 0.979. The topological polar surface area (TPSA) is 59.6 Å². The Labute approximate surface area is 94.1 Å². The average Bonchev–Trinajstić information content (AvgIpc) is 2.21. The van der Waals surface area contributed by atoms with Gasteiger partial charge in [0.15, 0.2) is 5.96 Å². The van der Waals surface area contributed by atoms with E-state index >= 15 is 0 Å². The predicted molar refractivity (Wildman–Crippen MR) is 63.8 cm³/mol. The van der Waals surface area contributed by atoms with Crippen LogP contribution in [0.5, 0.6) is 5.75 Å². The van der Waals surface area contributed by atoms with Gasteiger partial charge in [0, 0.05) is 18.3 Å². The molecule has 0 amide bonds. The standard InChI is InChI=1S/C10H14ClN3O/c1-3-13-10(12)14-7-4-5-8(11)9(6-7)15-2/h4-6H,3H2,1-2H3,(H3,12,13,14). The Kier molecular flexibility index (Phi) is 4.24. The number of nitrogens with one attached hydrogen (secondary N) is 1. The fraction of sp³-hybridized carbons (Fsp3) is 0.300. The average molecular weight is 228 g/mol. The van der Waals surface area contributed by atoms with Gasteiger partial charge in [-0.3, -0.25) is 4.99 Å². The van der Waals surface area contributed by atoms with Crippen molar-refractivity contribution >= 4 is 23.2 Å². The molecule has 0 aliphatic heterocycles. The van der Waals surface area contributed by atoms with Crippen molar-refractivity contribution in [1.29, 1.82) is 0 Å². The highest BCUT2D eigenvalue weighted by Crippen LogP contribution is 2.27. The molecule has 0 aromatic heterocycles. The van der Waals surface area contributed by atoms with Crippen molar-refractivity contribution < 1.29 is 4.74 Å². The Hall–Kier alpha value is -1.42. The lowest BCUT2D eigenvalue weighted by molar-refractivity contribution is 0.415. The van der Waals surface area contributed by atoms with Gasteiger partial charge in [-0.05, 0) is 19.1 Å². The molecule has 0 aliphatic carbocycles. The van der Waals surface area contributed by atoms with Gasteiger partial charge < -0.3 is 15.8 Å². The fourth-order valence-electron chi connectivity index (χ4n) is 1.10. The molecule has 0 atom stereocenters. The van der Waals surface area contributed by atoms with E-state index in [-0.39, 0.29) is 0 Å². The van der Waals surface area contributed by atoms with Crippen molar-refractivity contribution in [3.8, 4) is 5.75 Å². The van der Waals surface area contributed by atoms with Crippen LogP contribution in [0.2, 0.25) is 5.02 Å². The highest BCUT2D eigenvalue weighted by Gasteiger charge is 2.02. The summed E-state index contributed by atoms with van der Waals surface area (Å²) in [6, 6.07) is 5.31. The highest BCUT2D eigenvalue weighted by molar-refractivity contribution is 6.32. The number of nitrogens with two attached hydrogens (primary N) is 1. The van der Waals surface area contributed by atoms with Gasteiger partial charge >= 0.3 is 0 Å². The van der Waals surface area contributed by atoms with Crippen molar-refractivity contribution in [2.75, 3.05) is 19.0 Å². The summed E-state index contributed by atoms with van der Waals surface area (Å²) in [6.45, 7) is 2.56. The molecule has 0 unspecified atom stereocenters. The molecule has 0 radical (unpaired) electrons. The number of anilines is 1. The summed E-state index contributed by atoms with van der Waals surface area (Å²) < 4.78 is 5.07. The largest absolute Gasteiger partial charge is 0.495 e. The third-order valence-corrected chi connectivity index (χ3v) is 2.06. The molecule has 1 aromatic carbocycles. The Morgan fingerprint density at radius 1 is 1.60 bits per heavy atom. The van der Waals surface area contributed by atoms with Crippen LogP contribution in [0.15, 0.2) is 23.2 Å². The van der Waals surface area contributed by atoms with Crippen molar-refractivity contribution in [2.45, 2.75) is 6.92 Å². The molecule has 5 heteroatoms. The maximum atomic E-state index is 5.88. The molecule has 0 heterocycles. The Balaban J connectivity index is 2.83. The van der Waals surface area contributed by atoms with E-state index in [1.807, 2.05) is 13.0 Å². The number of benzene rings is 1. The number of guanidine groups is 1. The molecule has 4 nitrogen and oxygen atoms in total. The first-order chi connectivity index (χ1) is 7.17. The van der Waals surface area contributed by atoms with E-state index < -0.39 is 0 Å². The van der Waals surface area contributed by atoms with Crippen molar-refractivity contribution in [1.82, 2.24) is 0 Å². The minimum Gasteiger partial charge on any atom is -0.495 e. The number of nitrogens with zero attached hydrogens (tertiary/aromatic N) is 1. The van der Waals surface area contributed by atoms with Gasteiger partial charge in [0.2, 0.25) is 0 Å². The van der Waals surface area contributed by atoms with Gasteiger partial charge in [-0.15, -0.1) is 0 Å². The number of ether oxygens (including phenoxy) is 1. The maximum Gasteiger partial charge on any atom is 0.193 e. The number of halogens is 1. The Morgan fingerprint density at radius 2 is 2.33 bits per heavy atom. The minimum absolute atomic E-state index is 0.377. The van der Waals surface area contributed by atoms with Crippen LogP contribution in [0.1, 0.15) is 6.92 Å². The second-order valence-corrected chi connectivity index (χ2v) is 3.24. The van der Waals surface area contributed by atoms with Crippen LogP contribution in [0.3, 0.4) is 0 Å². The summed E-state index contributed by atoms with van der Waals surface area (Å²) in [5.41, 5.74) is 6.41. The van der Waals surface area contributed by atoms with Crippen LogP contribution in [0.4, 0.5) is 5.69 Å². The molecular weight excluding hydrogens is 214 g/mol. The normalized spacial score (nSPS) is 11.3. The zero-order valence-corrected chi connectivity index (χ0v) is 9.51. The first-order valence-electron chi connectivity index (χ1n) is 4.58. The van der Waals surface area contributed by atoms with Gasteiger partial charge in [0.05, 0.1) is 12.1 Å². The molecule has 15 heavy (non-hydrogen) atoms. The van der Waals surface area contributed by atoms with Gasteiger partial charge in [-0.1, -0.05) is 11.6 Å². The molecule has 0 saturated heterocycles. The highest BCUT2D eigenvalue weighted by atomic mass is 35.5. The number of hydrogen-bond acceptors (Lipinski definition) is 2. The lowest BCUT2D eigenvalue weighted by Gasteiger charge is -2.08. The predicted octanol–water partition coefficient (Wildman–Crippen LogP) is 2.10. The smallest absolute Gasteiger partial charge is 0.193 e. The van der Waals surface area contributed by atoms with Gasteiger partial charge in [0.25, 0.3) is 0 Å².